The number of fused-ring (bicyclic) bond motifs is 1. The Labute approximate surface area is 132 Å². The molecule has 3 heterocycles. The summed E-state index contributed by atoms with van der Waals surface area (Å²) in [6.45, 7) is 5.37. The van der Waals surface area contributed by atoms with E-state index in [-0.39, 0.29) is 11.8 Å². The number of nitrogens with zero attached hydrogens (tertiary/aromatic N) is 3. The number of carbonyl (C=O) groups is 2. The van der Waals surface area contributed by atoms with Gasteiger partial charge in [-0.3, -0.25) is 9.59 Å². The van der Waals surface area contributed by atoms with Gasteiger partial charge in [-0.1, -0.05) is 6.07 Å². The molecule has 0 spiro atoms. The molecule has 0 saturated heterocycles. The Kier molecular flexibility index (Phi) is 3.74. The van der Waals surface area contributed by atoms with E-state index >= 15 is 0 Å². The minimum Gasteiger partial charge on any atom is -0.337 e. The molecule has 22 heavy (non-hydrogen) atoms. The maximum Gasteiger partial charge on any atom is 0.262 e. The highest BCUT2D eigenvalue weighted by Crippen LogP contribution is 2.17. The molecule has 3 rings (SSSR count). The van der Waals surface area contributed by atoms with Gasteiger partial charge in [-0.15, -0.1) is 11.3 Å². The maximum absolute atomic E-state index is 12.7. The van der Waals surface area contributed by atoms with Gasteiger partial charge < -0.3 is 14.8 Å². The van der Waals surface area contributed by atoms with E-state index in [1.807, 2.05) is 16.0 Å². The van der Waals surface area contributed by atoms with E-state index in [0.29, 0.717) is 18.0 Å². The summed E-state index contributed by atoms with van der Waals surface area (Å²) < 4.78 is 2.04. The van der Waals surface area contributed by atoms with Crippen molar-refractivity contribution in [2.45, 2.75) is 32.5 Å². The molecular formula is C15H18N4O2S. The standard InChI is InChI=1S/C15H18N4O2S/c1-15(2,17-13(20)12-4-3-7-22-12)14(21)18-5-6-19-10-16-8-11(19)9-18/h3-4,7-8,10H,5-6,9H2,1-2H3,(H,17,20). The fourth-order valence-corrected chi connectivity index (χ4v) is 3.18. The summed E-state index contributed by atoms with van der Waals surface area (Å²) in [4.78, 5) is 31.4. The zero-order valence-corrected chi connectivity index (χ0v) is 13.4. The molecule has 0 saturated carbocycles. The molecule has 0 fully saturated rings. The van der Waals surface area contributed by atoms with Crippen LogP contribution in [0.4, 0.5) is 0 Å². The second kappa shape index (κ2) is 5.57. The highest BCUT2D eigenvalue weighted by molar-refractivity contribution is 7.12. The molecule has 0 unspecified atom stereocenters. The first-order valence-electron chi connectivity index (χ1n) is 7.12. The van der Waals surface area contributed by atoms with Crippen LogP contribution in [0.3, 0.4) is 0 Å². The first-order valence-corrected chi connectivity index (χ1v) is 8.00. The van der Waals surface area contributed by atoms with E-state index in [9.17, 15) is 9.59 Å². The third-order valence-electron chi connectivity index (χ3n) is 3.76. The van der Waals surface area contributed by atoms with Crippen molar-refractivity contribution in [3.8, 4) is 0 Å². The van der Waals surface area contributed by atoms with Crippen LogP contribution in [0.1, 0.15) is 29.2 Å². The lowest BCUT2D eigenvalue weighted by molar-refractivity contribution is -0.138. The number of amides is 2. The highest BCUT2D eigenvalue weighted by atomic mass is 32.1. The lowest BCUT2D eigenvalue weighted by Gasteiger charge is -2.35. The molecule has 116 valence electrons. The summed E-state index contributed by atoms with van der Waals surface area (Å²) in [7, 11) is 0. The Morgan fingerprint density at radius 1 is 1.36 bits per heavy atom. The summed E-state index contributed by atoms with van der Waals surface area (Å²) in [6, 6.07) is 3.57. The van der Waals surface area contributed by atoms with Gasteiger partial charge in [0.25, 0.3) is 5.91 Å². The van der Waals surface area contributed by atoms with Crippen molar-refractivity contribution < 1.29 is 9.59 Å². The zero-order chi connectivity index (χ0) is 15.7. The van der Waals surface area contributed by atoms with E-state index in [4.69, 9.17) is 0 Å². The van der Waals surface area contributed by atoms with Crippen molar-refractivity contribution in [2.24, 2.45) is 0 Å². The van der Waals surface area contributed by atoms with Gasteiger partial charge in [0.1, 0.15) is 5.54 Å². The van der Waals surface area contributed by atoms with Crippen LogP contribution in [0.15, 0.2) is 30.0 Å². The lowest BCUT2D eigenvalue weighted by Crippen LogP contribution is -2.56. The number of imidazole rings is 1. The fraction of sp³-hybridized carbons (Fsp3) is 0.400. The molecule has 7 heteroatoms. The van der Waals surface area contributed by atoms with Crippen LogP contribution >= 0.6 is 11.3 Å². The van der Waals surface area contributed by atoms with Crippen molar-refractivity contribution in [1.29, 1.82) is 0 Å². The van der Waals surface area contributed by atoms with Gasteiger partial charge in [0.15, 0.2) is 0 Å². The Bertz CT molecular complexity index is 690. The van der Waals surface area contributed by atoms with Gasteiger partial charge in [0, 0.05) is 19.3 Å². The highest BCUT2D eigenvalue weighted by Gasteiger charge is 2.35. The van der Waals surface area contributed by atoms with Gasteiger partial charge in [0.05, 0.1) is 23.4 Å². The molecule has 6 nitrogen and oxygen atoms in total. The minimum absolute atomic E-state index is 0.0788. The number of carbonyl (C=O) groups excluding carboxylic acids is 2. The molecule has 0 atom stereocenters. The minimum atomic E-state index is -0.941. The molecule has 0 bridgehead atoms. The van der Waals surface area contributed by atoms with Crippen LogP contribution in [0.5, 0.6) is 0 Å². The van der Waals surface area contributed by atoms with Gasteiger partial charge in [-0.2, -0.15) is 0 Å². The van der Waals surface area contributed by atoms with Gasteiger partial charge in [0.2, 0.25) is 5.91 Å². The second-order valence-corrected chi connectivity index (χ2v) is 6.81. The monoisotopic (exact) mass is 318 g/mol. The molecule has 0 radical (unpaired) electrons. The van der Waals surface area contributed by atoms with Crippen LogP contribution < -0.4 is 5.32 Å². The summed E-state index contributed by atoms with van der Waals surface area (Å²) >= 11 is 1.36. The van der Waals surface area contributed by atoms with Crippen LogP contribution in [0.2, 0.25) is 0 Å². The smallest absolute Gasteiger partial charge is 0.262 e. The molecule has 1 N–H and O–H groups in total. The second-order valence-electron chi connectivity index (χ2n) is 5.86. The number of aromatic nitrogens is 2. The number of nitrogens with one attached hydrogen (secondary N) is 1. The summed E-state index contributed by atoms with van der Waals surface area (Å²) in [5.41, 5.74) is 0.0727. The van der Waals surface area contributed by atoms with E-state index in [1.165, 1.54) is 11.3 Å². The van der Waals surface area contributed by atoms with Crippen molar-refractivity contribution in [2.75, 3.05) is 6.54 Å². The topological polar surface area (TPSA) is 67.2 Å². The molecular weight excluding hydrogens is 300 g/mol. The predicted molar refractivity (Wildman–Crippen MR) is 83.5 cm³/mol. The molecule has 2 aromatic rings. The molecule has 1 aliphatic heterocycles. The first-order chi connectivity index (χ1) is 10.5. The third kappa shape index (κ3) is 2.76. The van der Waals surface area contributed by atoms with Crippen LogP contribution in [0.25, 0.3) is 0 Å². The van der Waals surface area contributed by atoms with Crippen molar-refractivity contribution >= 4 is 23.2 Å². The van der Waals surface area contributed by atoms with E-state index in [1.54, 1.807) is 37.3 Å². The average Bonchev–Trinajstić information content (AvgIpc) is 3.16. The molecule has 1 aliphatic rings. The number of hydrogen-bond donors (Lipinski definition) is 1. The Hall–Kier alpha value is -2.15. The lowest BCUT2D eigenvalue weighted by atomic mass is 10.0. The Balaban J connectivity index is 1.69. The number of hydrogen-bond acceptors (Lipinski definition) is 4. The van der Waals surface area contributed by atoms with Crippen molar-refractivity contribution in [3.63, 3.8) is 0 Å². The van der Waals surface area contributed by atoms with Gasteiger partial charge in [-0.25, -0.2) is 4.98 Å². The summed E-state index contributed by atoms with van der Waals surface area (Å²) in [5, 5.41) is 4.67. The molecule has 2 aromatic heterocycles. The largest absolute Gasteiger partial charge is 0.337 e. The van der Waals surface area contributed by atoms with Gasteiger partial charge >= 0.3 is 0 Å². The first kappa shape index (κ1) is 14.8. The van der Waals surface area contributed by atoms with E-state index < -0.39 is 5.54 Å². The fourth-order valence-electron chi connectivity index (χ4n) is 2.56. The zero-order valence-electron chi connectivity index (χ0n) is 12.6. The van der Waals surface area contributed by atoms with Crippen molar-refractivity contribution in [3.05, 3.63) is 40.6 Å². The molecule has 0 aliphatic carbocycles. The maximum atomic E-state index is 12.7. The third-order valence-corrected chi connectivity index (χ3v) is 4.62. The molecule has 2 amide bonds. The van der Waals surface area contributed by atoms with E-state index in [0.717, 1.165) is 12.2 Å². The Morgan fingerprint density at radius 2 is 2.18 bits per heavy atom. The average molecular weight is 318 g/mol. The summed E-state index contributed by atoms with van der Waals surface area (Å²) in [5.74, 6) is -0.291. The summed E-state index contributed by atoms with van der Waals surface area (Å²) in [6.07, 6.45) is 3.55. The van der Waals surface area contributed by atoms with E-state index in [2.05, 4.69) is 10.3 Å². The SMILES string of the molecule is CC(C)(NC(=O)c1cccs1)C(=O)N1CCn2cncc2C1. The quantitative estimate of drug-likeness (QED) is 0.932. The van der Waals surface area contributed by atoms with Crippen molar-refractivity contribution in [1.82, 2.24) is 19.8 Å². The van der Waals surface area contributed by atoms with Crippen LogP contribution in [-0.2, 0) is 17.9 Å². The number of rotatable bonds is 3. The van der Waals surface area contributed by atoms with Crippen LogP contribution in [-0.4, -0.2) is 38.3 Å². The number of thiophene rings is 1. The van der Waals surface area contributed by atoms with Gasteiger partial charge in [-0.05, 0) is 25.3 Å². The normalized spacial score (nSPS) is 14.5. The predicted octanol–water partition coefficient (Wildman–Crippen LogP) is 1.50. The molecule has 0 aromatic carbocycles. The Morgan fingerprint density at radius 3 is 2.91 bits per heavy atom. The van der Waals surface area contributed by atoms with Crippen LogP contribution in [0, 0.1) is 0 Å².